The first-order valence-electron chi connectivity index (χ1n) is 5.83. The van der Waals surface area contributed by atoms with E-state index in [4.69, 9.17) is 19.0 Å². The lowest BCUT2D eigenvalue weighted by Gasteiger charge is -2.15. The second-order valence-corrected chi connectivity index (χ2v) is 4.99. The van der Waals surface area contributed by atoms with Crippen molar-refractivity contribution in [1.29, 1.82) is 0 Å². The van der Waals surface area contributed by atoms with E-state index < -0.39 is 8.60 Å². The summed E-state index contributed by atoms with van der Waals surface area (Å²) < 4.78 is 12.4. The van der Waals surface area contributed by atoms with Gasteiger partial charge in [0.05, 0.1) is 25.2 Å². The predicted octanol–water partition coefficient (Wildman–Crippen LogP) is 0.732. The van der Waals surface area contributed by atoms with Gasteiger partial charge in [-0.1, -0.05) is 0 Å². The average molecular weight is 284 g/mol. The van der Waals surface area contributed by atoms with Gasteiger partial charge in [0.25, 0.3) is 0 Å². The number of aromatic nitrogens is 4. The van der Waals surface area contributed by atoms with Crippen molar-refractivity contribution in [1.82, 2.24) is 19.5 Å². The van der Waals surface area contributed by atoms with E-state index in [-0.39, 0.29) is 18.9 Å². The first-order chi connectivity index (χ1) is 9.24. The highest BCUT2D eigenvalue weighted by Gasteiger charge is 2.28. The molecule has 1 saturated heterocycles. The van der Waals surface area contributed by atoms with E-state index in [9.17, 15) is 0 Å². The van der Waals surface area contributed by atoms with Gasteiger partial charge in [-0.15, -0.1) is 0 Å². The fourth-order valence-corrected chi connectivity index (χ4v) is 2.46. The average Bonchev–Trinajstić information content (AvgIpc) is 3.02. The van der Waals surface area contributed by atoms with E-state index in [1.54, 1.807) is 12.5 Å². The molecule has 0 spiro atoms. The second kappa shape index (κ2) is 5.44. The molecule has 2 aromatic heterocycles. The zero-order valence-electron chi connectivity index (χ0n) is 9.96. The number of rotatable bonds is 4. The highest BCUT2D eigenvalue weighted by molar-refractivity contribution is 7.39. The van der Waals surface area contributed by atoms with Gasteiger partial charge in [0.2, 0.25) is 0 Å². The maximum absolute atomic E-state index is 8.71. The lowest BCUT2D eigenvalue weighted by molar-refractivity contribution is -0.0176. The van der Waals surface area contributed by atoms with E-state index in [1.165, 1.54) is 6.33 Å². The number of fused-ring (bicyclic) bond motifs is 1. The van der Waals surface area contributed by atoms with Crippen molar-refractivity contribution in [3.8, 4) is 0 Å². The largest absolute Gasteiger partial charge is 0.352 e. The molecule has 19 heavy (non-hydrogen) atoms. The summed E-state index contributed by atoms with van der Waals surface area (Å²) in [5.41, 5.74) is 1.45. The Labute approximate surface area is 110 Å². The van der Waals surface area contributed by atoms with Gasteiger partial charge in [-0.25, -0.2) is 15.0 Å². The Morgan fingerprint density at radius 3 is 3.16 bits per heavy atom. The molecule has 9 heteroatoms. The molecule has 0 saturated carbocycles. The van der Waals surface area contributed by atoms with Crippen molar-refractivity contribution < 1.29 is 19.0 Å². The van der Waals surface area contributed by atoms with Crippen LogP contribution in [0.1, 0.15) is 19.1 Å². The van der Waals surface area contributed by atoms with Crippen LogP contribution in [0.4, 0.5) is 0 Å². The highest BCUT2D eigenvalue weighted by atomic mass is 31.2. The summed E-state index contributed by atoms with van der Waals surface area (Å²) in [5.74, 6) is 0. The topological polar surface area (TPSA) is 103 Å². The van der Waals surface area contributed by atoms with Gasteiger partial charge < -0.3 is 19.0 Å². The Balaban J connectivity index is 1.71. The van der Waals surface area contributed by atoms with Crippen LogP contribution in [0.25, 0.3) is 11.2 Å². The molecule has 102 valence electrons. The number of hydrogen-bond acceptors (Lipinski definition) is 7. The lowest BCUT2D eigenvalue weighted by atomic mass is 10.2. The van der Waals surface area contributed by atoms with Crippen molar-refractivity contribution in [2.75, 3.05) is 6.61 Å². The standard InChI is InChI=1S/C10H13N4O4P/c15-19(16)17-4-7-1-2-9(18-7)14-6-13-8-3-11-5-12-10(8)14/h3,5-7,9,15-16H,1-2,4H2. The summed E-state index contributed by atoms with van der Waals surface area (Å²) in [6.45, 7) is 0.177. The van der Waals surface area contributed by atoms with E-state index in [2.05, 4.69) is 15.0 Å². The van der Waals surface area contributed by atoms with Crippen LogP contribution >= 0.6 is 8.60 Å². The molecule has 1 fully saturated rings. The molecule has 3 rings (SSSR count). The molecule has 2 atom stereocenters. The molecule has 0 aromatic carbocycles. The summed E-state index contributed by atoms with van der Waals surface area (Å²) in [6, 6.07) is 0. The Hall–Kier alpha value is -1.18. The van der Waals surface area contributed by atoms with Crippen molar-refractivity contribution in [3.05, 3.63) is 18.9 Å². The fraction of sp³-hybridized carbons (Fsp3) is 0.500. The van der Waals surface area contributed by atoms with Crippen LogP contribution in [0.15, 0.2) is 18.9 Å². The Kier molecular flexibility index (Phi) is 3.67. The second-order valence-electron chi connectivity index (χ2n) is 4.22. The van der Waals surface area contributed by atoms with E-state index in [0.717, 1.165) is 24.0 Å². The molecule has 0 bridgehead atoms. The van der Waals surface area contributed by atoms with Gasteiger partial charge in [-0.2, -0.15) is 0 Å². The van der Waals surface area contributed by atoms with E-state index in [0.29, 0.717) is 0 Å². The first kappa shape index (κ1) is 12.8. The Morgan fingerprint density at radius 1 is 1.42 bits per heavy atom. The van der Waals surface area contributed by atoms with Crippen LogP contribution in [-0.4, -0.2) is 42.0 Å². The highest BCUT2D eigenvalue weighted by Crippen LogP contribution is 2.33. The molecule has 1 aliphatic heterocycles. The van der Waals surface area contributed by atoms with Gasteiger partial charge >= 0.3 is 8.60 Å². The normalized spacial score (nSPS) is 23.5. The summed E-state index contributed by atoms with van der Waals surface area (Å²) in [5, 5.41) is 0. The van der Waals surface area contributed by atoms with Gasteiger partial charge in [0.15, 0.2) is 5.65 Å². The SMILES string of the molecule is OP(O)OCC1CCC(n2cnc3cncnc32)O1. The Bertz CT molecular complexity index is 563. The Morgan fingerprint density at radius 2 is 2.32 bits per heavy atom. The van der Waals surface area contributed by atoms with Crippen LogP contribution in [0, 0.1) is 0 Å². The maximum atomic E-state index is 8.71. The van der Waals surface area contributed by atoms with Crippen LogP contribution in [0.5, 0.6) is 0 Å². The first-order valence-corrected chi connectivity index (χ1v) is 6.99. The number of imidazole rings is 1. The minimum atomic E-state index is -2.32. The van der Waals surface area contributed by atoms with E-state index >= 15 is 0 Å². The van der Waals surface area contributed by atoms with Crippen molar-refractivity contribution in [2.45, 2.75) is 25.2 Å². The van der Waals surface area contributed by atoms with Crippen LogP contribution in [0.3, 0.4) is 0 Å². The molecule has 0 amide bonds. The van der Waals surface area contributed by atoms with Crippen LogP contribution in [0.2, 0.25) is 0 Å². The van der Waals surface area contributed by atoms with Crippen LogP contribution < -0.4 is 0 Å². The van der Waals surface area contributed by atoms with Crippen LogP contribution in [-0.2, 0) is 9.26 Å². The summed E-state index contributed by atoms with van der Waals surface area (Å²) in [7, 11) is -2.32. The predicted molar refractivity (Wildman–Crippen MR) is 65.8 cm³/mol. The van der Waals surface area contributed by atoms with Gasteiger partial charge in [-0.3, -0.25) is 4.57 Å². The monoisotopic (exact) mass is 284 g/mol. The van der Waals surface area contributed by atoms with Crippen molar-refractivity contribution in [3.63, 3.8) is 0 Å². The lowest BCUT2D eigenvalue weighted by Crippen LogP contribution is -2.15. The number of hydrogen-bond donors (Lipinski definition) is 2. The molecule has 1 aliphatic rings. The molecule has 0 radical (unpaired) electrons. The minimum Gasteiger partial charge on any atom is -0.352 e. The molecule has 2 aromatic rings. The summed E-state index contributed by atoms with van der Waals surface area (Å²) >= 11 is 0. The fourth-order valence-electron chi connectivity index (χ4n) is 2.16. The number of ether oxygens (including phenoxy) is 1. The minimum absolute atomic E-state index is 0.145. The third-order valence-electron chi connectivity index (χ3n) is 3.01. The maximum Gasteiger partial charge on any atom is 0.327 e. The summed E-state index contributed by atoms with van der Waals surface area (Å²) in [6.07, 6.45) is 6.10. The quantitative estimate of drug-likeness (QED) is 0.798. The zero-order chi connectivity index (χ0) is 13.2. The molecule has 0 aliphatic carbocycles. The molecular weight excluding hydrogens is 271 g/mol. The van der Waals surface area contributed by atoms with Gasteiger partial charge in [0.1, 0.15) is 18.1 Å². The third-order valence-corrected chi connectivity index (χ3v) is 3.39. The van der Waals surface area contributed by atoms with Gasteiger partial charge in [-0.05, 0) is 12.8 Å². The molecule has 2 N–H and O–H groups in total. The van der Waals surface area contributed by atoms with Gasteiger partial charge in [0, 0.05) is 0 Å². The number of nitrogens with zero attached hydrogens (tertiary/aromatic N) is 4. The molecular formula is C10H13N4O4P. The molecule has 3 heterocycles. The smallest absolute Gasteiger partial charge is 0.327 e. The van der Waals surface area contributed by atoms with E-state index in [1.807, 2.05) is 4.57 Å². The third kappa shape index (κ3) is 2.72. The molecule has 2 unspecified atom stereocenters. The van der Waals surface area contributed by atoms with Crippen molar-refractivity contribution >= 4 is 19.8 Å². The molecule has 8 nitrogen and oxygen atoms in total. The summed E-state index contributed by atoms with van der Waals surface area (Å²) in [4.78, 5) is 29.7. The van der Waals surface area contributed by atoms with Crippen molar-refractivity contribution in [2.24, 2.45) is 0 Å². The zero-order valence-corrected chi connectivity index (χ0v) is 10.8.